The van der Waals surface area contributed by atoms with Crippen LogP contribution in [0.25, 0.3) is 21.1 Å². The lowest BCUT2D eigenvalue weighted by Crippen LogP contribution is -2.35. The number of benzene rings is 2. The van der Waals surface area contributed by atoms with Crippen molar-refractivity contribution in [3.05, 3.63) is 60.0 Å². The van der Waals surface area contributed by atoms with Gasteiger partial charge in [0.2, 0.25) is 10.0 Å². The minimum absolute atomic E-state index is 0.296. The maximum Gasteiger partial charge on any atom is 0.250 e. The molecule has 2 aromatic heterocycles. The molecule has 1 aliphatic rings. The van der Waals surface area contributed by atoms with Crippen molar-refractivity contribution in [2.24, 2.45) is 0 Å². The number of piperidine rings is 1. The molecule has 0 unspecified atom stereocenters. The van der Waals surface area contributed by atoms with Crippen LogP contribution in [0.3, 0.4) is 0 Å². The number of hydrogen-bond donors (Lipinski definition) is 1. The van der Waals surface area contributed by atoms with E-state index in [-0.39, 0.29) is 5.82 Å². The molecule has 4 aromatic rings. The van der Waals surface area contributed by atoms with Crippen molar-refractivity contribution < 1.29 is 17.3 Å². The van der Waals surface area contributed by atoms with Gasteiger partial charge in [-0.25, -0.2) is 17.5 Å². The van der Waals surface area contributed by atoms with Crippen LogP contribution in [0.1, 0.15) is 30.9 Å². The van der Waals surface area contributed by atoms with Gasteiger partial charge in [0.25, 0.3) is 0 Å². The third kappa shape index (κ3) is 4.43. The predicted molar refractivity (Wildman–Crippen MR) is 124 cm³/mol. The molecule has 9 heteroatoms. The summed E-state index contributed by atoms with van der Waals surface area (Å²) in [6.45, 7) is 3.09. The van der Waals surface area contributed by atoms with Crippen LogP contribution in [0.5, 0.6) is 0 Å². The second-order valence-corrected chi connectivity index (χ2v) is 11.3. The fourth-order valence-electron chi connectivity index (χ4n) is 4.33. The van der Waals surface area contributed by atoms with Crippen molar-refractivity contribution in [3.8, 4) is 0 Å². The number of likely N-dealkylation sites (tertiary alicyclic amines) is 1. The highest BCUT2D eigenvalue weighted by Crippen LogP contribution is 2.33. The lowest BCUT2D eigenvalue weighted by molar-refractivity contribution is 0.208. The Morgan fingerprint density at radius 1 is 1.16 bits per heavy atom. The number of hydrogen-bond acceptors (Lipinski definition) is 6. The summed E-state index contributed by atoms with van der Waals surface area (Å²) >= 11 is 1.30. The topological polar surface area (TPSA) is 75.4 Å². The third-order valence-corrected chi connectivity index (χ3v) is 9.10. The summed E-state index contributed by atoms with van der Waals surface area (Å²) in [6, 6.07) is 14.0. The van der Waals surface area contributed by atoms with Gasteiger partial charge in [-0.1, -0.05) is 23.4 Å². The molecule has 5 rings (SSSR count). The molecule has 168 valence electrons. The molecule has 0 amide bonds. The maximum atomic E-state index is 13.4. The number of halogens is 1. The highest BCUT2D eigenvalue weighted by Gasteiger charge is 2.25. The molecule has 0 radical (unpaired) electrons. The zero-order chi connectivity index (χ0) is 22.1. The minimum Gasteiger partial charge on any atom is -0.356 e. The third-order valence-electron chi connectivity index (χ3n) is 6.05. The lowest BCUT2D eigenvalue weighted by Gasteiger charge is -2.31. The Morgan fingerprint density at radius 2 is 1.97 bits per heavy atom. The van der Waals surface area contributed by atoms with Gasteiger partial charge >= 0.3 is 0 Å². The van der Waals surface area contributed by atoms with Gasteiger partial charge in [-0.2, -0.15) is 0 Å². The van der Waals surface area contributed by atoms with E-state index in [1.165, 1.54) is 23.5 Å². The fourth-order valence-corrected chi connectivity index (χ4v) is 6.84. The second kappa shape index (κ2) is 8.90. The van der Waals surface area contributed by atoms with E-state index in [9.17, 15) is 12.8 Å². The molecule has 1 N–H and O–H groups in total. The van der Waals surface area contributed by atoms with Crippen LogP contribution in [-0.4, -0.2) is 44.7 Å². The Morgan fingerprint density at radius 3 is 2.78 bits per heavy atom. The SMILES string of the molecule is O=S(=O)(NCCCN1CCC(c2noc3cc(F)ccc23)CC1)c1cc2ccccc2s1. The Labute approximate surface area is 190 Å². The van der Waals surface area contributed by atoms with Crippen molar-refractivity contribution in [1.29, 1.82) is 0 Å². The molecule has 0 spiro atoms. The average molecular weight is 474 g/mol. The lowest BCUT2D eigenvalue weighted by atomic mass is 9.91. The van der Waals surface area contributed by atoms with E-state index in [0.717, 1.165) is 60.1 Å². The molecule has 3 heterocycles. The van der Waals surface area contributed by atoms with Crippen LogP contribution in [0.15, 0.2) is 57.3 Å². The first kappa shape index (κ1) is 21.5. The van der Waals surface area contributed by atoms with E-state index >= 15 is 0 Å². The van der Waals surface area contributed by atoms with Gasteiger partial charge < -0.3 is 9.42 Å². The van der Waals surface area contributed by atoms with Crippen molar-refractivity contribution in [3.63, 3.8) is 0 Å². The van der Waals surface area contributed by atoms with E-state index in [0.29, 0.717) is 22.3 Å². The molecular formula is C23H24FN3O3S2. The summed E-state index contributed by atoms with van der Waals surface area (Å²) in [5, 5.41) is 6.04. The summed E-state index contributed by atoms with van der Waals surface area (Å²) < 4.78 is 47.9. The fraction of sp³-hybridized carbons (Fsp3) is 0.348. The Balaban J connectivity index is 1.10. The molecule has 0 saturated carbocycles. The van der Waals surface area contributed by atoms with Gasteiger partial charge in [0, 0.05) is 28.6 Å². The predicted octanol–water partition coefficient (Wildman–Crippen LogP) is 4.73. The summed E-state index contributed by atoms with van der Waals surface area (Å²) in [5.74, 6) is -0.0255. The summed E-state index contributed by atoms with van der Waals surface area (Å²) in [5.41, 5.74) is 1.41. The number of fused-ring (bicyclic) bond motifs is 2. The summed E-state index contributed by atoms with van der Waals surface area (Å²) in [6.07, 6.45) is 2.65. The second-order valence-electron chi connectivity index (χ2n) is 8.18. The molecular weight excluding hydrogens is 449 g/mol. The zero-order valence-corrected chi connectivity index (χ0v) is 19.1. The smallest absolute Gasteiger partial charge is 0.250 e. The average Bonchev–Trinajstić information content (AvgIpc) is 3.42. The molecule has 0 bridgehead atoms. The van der Waals surface area contributed by atoms with Crippen LogP contribution in [0, 0.1) is 5.82 Å². The quantitative estimate of drug-likeness (QED) is 0.393. The first-order valence-corrected chi connectivity index (χ1v) is 13.0. The van der Waals surface area contributed by atoms with Gasteiger partial charge in [0.05, 0.1) is 5.69 Å². The largest absolute Gasteiger partial charge is 0.356 e. The van der Waals surface area contributed by atoms with Gasteiger partial charge in [-0.3, -0.25) is 0 Å². The summed E-state index contributed by atoms with van der Waals surface area (Å²) in [7, 11) is -3.48. The normalized spacial score (nSPS) is 16.3. The van der Waals surface area contributed by atoms with Crippen LogP contribution >= 0.6 is 11.3 Å². The first-order valence-electron chi connectivity index (χ1n) is 10.7. The monoisotopic (exact) mass is 473 g/mol. The number of nitrogens with zero attached hydrogens (tertiary/aromatic N) is 2. The minimum atomic E-state index is -3.48. The highest BCUT2D eigenvalue weighted by atomic mass is 32.2. The van der Waals surface area contributed by atoms with E-state index in [2.05, 4.69) is 14.8 Å². The first-order chi connectivity index (χ1) is 15.5. The van der Waals surface area contributed by atoms with Crippen molar-refractivity contribution in [1.82, 2.24) is 14.8 Å². The Kier molecular flexibility index (Phi) is 5.98. The van der Waals surface area contributed by atoms with Crippen LogP contribution < -0.4 is 4.72 Å². The number of rotatable bonds is 7. The Hall–Kier alpha value is -2.33. The van der Waals surface area contributed by atoms with Crippen molar-refractivity contribution >= 4 is 42.4 Å². The molecule has 1 saturated heterocycles. The van der Waals surface area contributed by atoms with E-state index < -0.39 is 10.0 Å². The van der Waals surface area contributed by atoms with Crippen molar-refractivity contribution in [2.45, 2.75) is 29.4 Å². The van der Waals surface area contributed by atoms with Crippen LogP contribution in [-0.2, 0) is 10.0 Å². The number of sulfonamides is 1. The number of aromatic nitrogens is 1. The van der Waals surface area contributed by atoms with E-state index in [1.54, 1.807) is 12.1 Å². The zero-order valence-electron chi connectivity index (χ0n) is 17.5. The molecule has 32 heavy (non-hydrogen) atoms. The van der Waals surface area contributed by atoms with Crippen LogP contribution in [0.2, 0.25) is 0 Å². The molecule has 0 atom stereocenters. The molecule has 0 aliphatic carbocycles. The van der Waals surface area contributed by atoms with Crippen LogP contribution in [0.4, 0.5) is 4.39 Å². The number of thiophene rings is 1. The Bertz CT molecular complexity index is 1310. The van der Waals surface area contributed by atoms with Gasteiger partial charge in [-0.15, -0.1) is 11.3 Å². The van der Waals surface area contributed by atoms with Gasteiger partial charge in [0.15, 0.2) is 5.58 Å². The molecule has 2 aromatic carbocycles. The standard InChI is InChI=1S/C23H24FN3O3S2/c24-18-6-7-19-20(15-18)30-26-23(19)16-8-12-27(13-9-16)11-3-10-25-32(28,29)22-14-17-4-1-2-5-21(17)31-22/h1-2,4-7,14-16,25H,3,8-13H2. The van der Waals surface area contributed by atoms with E-state index in [4.69, 9.17) is 4.52 Å². The highest BCUT2D eigenvalue weighted by molar-refractivity contribution is 7.91. The van der Waals surface area contributed by atoms with Gasteiger partial charge in [-0.05, 0) is 68.5 Å². The summed E-state index contributed by atoms with van der Waals surface area (Å²) in [4.78, 5) is 2.35. The maximum absolute atomic E-state index is 13.4. The van der Waals surface area contributed by atoms with Crippen molar-refractivity contribution in [2.75, 3.05) is 26.2 Å². The molecule has 1 fully saturated rings. The molecule has 6 nitrogen and oxygen atoms in total. The van der Waals surface area contributed by atoms with E-state index in [1.807, 2.05) is 24.3 Å². The van der Waals surface area contributed by atoms with Gasteiger partial charge in [0.1, 0.15) is 10.0 Å². The molecule has 1 aliphatic heterocycles. The number of nitrogens with one attached hydrogen (secondary N) is 1.